The molecule has 2 rings (SSSR count). The molecule has 1 fully saturated rings. The second-order valence-electron chi connectivity index (χ2n) is 6.06. The third-order valence-electron chi connectivity index (χ3n) is 4.46. The Balaban J connectivity index is 1.87. The molecule has 1 aromatic rings. The van der Waals surface area contributed by atoms with Gasteiger partial charge in [-0.25, -0.2) is 0 Å². The van der Waals surface area contributed by atoms with Crippen LogP contribution in [0.2, 0.25) is 5.02 Å². The van der Waals surface area contributed by atoms with Crippen molar-refractivity contribution in [1.82, 2.24) is 5.32 Å². The number of hydrogen-bond acceptors (Lipinski definition) is 1. The average Bonchev–Trinajstić information content (AvgIpc) is 2.41. The van der Waals surface area contributed by atoms with Crippen molar-refractivity contribution in [3.63, 3.8) is 0 Å². The van der Waals surface area contributed by atoms with Gasteiger partial charge in [-0.2, -0.15) is 0 Å². The van der Waals surface area contributed by atoms with Crippen molar-refractivity contribution in [2.45, 2.75) is 64.5 Å². The van der Waals surface area contributed by atoms with Crippen LogP contribution in [0.5, 0.6) is 0 Å². The predicted molar refractivity (Wildman–Crippen MR) is 91.4 cm³/mol. The third kappa shape index (κ3) is 4.47. The monoisotopic (exact) mass is 357 g/mol. The topological polar surface area (TPSA) is 12.0 Å². The van der Waals surface area contributed by atoms with E-state index in [0.29, 0.717) is 12.1 Å². The van der Waals surface area contributed by atoms with Gasteiger partial charge in [0, 0.05) is 21.6 Å². The van der Waals surface area contributed by atoms with Crippen molar-refractivity contribution in [1.29, 1.82) is 0 Å². The molecule has 1 aliphatic rings. The average molecular weight is 359 g/mol. The van der Waals surface area contributed by atoms with Crippen LogP contribution in [0.4, 0.5) is 0 Å². The van der Waals surface area contributed by atoms with E-state index in [0.717, 1.165) is 15.4 Å². The molecule has 0 radical (unpaired) electrons. The van der Waals surface area contributed by atoms with Crippen molar-refractivity contribution in [2.24, 2.45) is 5.92 Å². The lowest BCUT2D eigenvalue weighted by Gasteiger charge is -2.31. The quantitative estimate of drug-likeness (QED) is 0.669. The first-order valence-electron chi connectivity index (χ1n) is 7.81. The lowest BCUT2D eigenvalue weighted by atomic mass is 9.83. The van der Waals surface area contributed by atoms with Crippen LogP contribution in [0.25, 0.3) is 0 Å². The van der Waals surface area contributed by atoms with Crippen molar-refractivity contribution in [3.8, 4) is 0 Å². The molecule has 1 unspecified atom stereocenters. The Labute approximate surface area is 136 Å². The van der Waals surface area contributed by atoms with Crippen LogP contribution in [0.15, 0.2) is 22.7 Å². The standard InChI is InChI=1S/C17H25BrClN/c1-3-4-13-5-8-15(9-6-13)20-12(2)16-10-7-14(18)11-17(16)19/h7,10-13,15,20H,3-6,8-9H2,1-2H3. The van der Waals surface area contributed by atoms with Crippen LogP contribution in [0, 0.1) is 5.92 Å². The van der Waals surface area contributed by atoms with Gasteiger partial charge in [-0.1, -0.05) is 53.4 Å². The maximum absolute atomic E-state index is 6.34. The first-order chi connectivity index (χ1) is 9.60. The summed E-state index contributed by atoms with van der Waals surface area (Å²) >= 11 is 9.80. The first-order valence-corrected chi connectivity index (χ1v) is 8.98. The SMILES string of the molecule is CCCC1CCC(NC(C)c2ccc(Br)cc2Cl)CC1. The van der Waals surface area contributed by atoms with Gasteiger partial charge in [-0.05, 0) is 56.2 Å². The fourth-order valence-corrected chi connectivity index (χ4v) is 4.16. The molecule has 1 nitrogen and oxygen atoms in total. The summed E-state index contributed by atoms with van der Waals surface area (Å²) in [6.07, 6.45) is 8.11. The molecule has 1 aliphatic carbocycles. The fraction of sp³-hybridized carbons (Fsp3) is 0.647. The second-order valence-corrected chi connectivity index (χ2v) is 7.38. The van der Waals surface area contributed by atoms with Crippen LogP contribution >= 0.6 is 27.5 Å². The van der Waals surface area contributed by atoms with Crippen molar-refractivity contribution >= 4 is 27.5 Å². The van der Waals surface area contributed by atoms with Crippen LogP contribution in [0.3, 0.4) is 0 Å². The third-order valence-corrected chi connectivity index (χ3v) is 5.28. The van der Waals surface area contributed by atoms with Crippen LogP contribution < -0.4 is 5.32 Å². The first kappa shape index (κ1) is 16.3. The maximum Gasteiger partial charge on any atom is 0.0464 e. The van der Waals surface area contributed by atoms with Crippen LogP contribution in [-0.2, 0) is 0 Å². The molecular formula is C17H25BrClN. The van der Waals surface area contributed by atoms with E-state index < -0.39 is 0 Å². The summed E-state index contributed by atoms with van der Waals surface area (Å²) in [7, 11) is 0. The van der Waals surface area contributed by atoms with Gasteiger partial charge in [0.05, 0.1) is 0 Å². The highest BCUT2D eigenvalue weighted by Crippen LogP contribution is 2.31. The van der Waals surface area contributed by atoms with E-state index in [2.05, 4.69) is 47.2 Å². The van der Waals surface area contributed by atoms with Gasteiger partial charge in [-0.3, -0.25) is 0 Å². The minimum atomic E-state index is 0.323. The molecular weight excluding hydrogens is 334 g/mol. The van der Waals surface area contributed by atoms with Crippen molar-refractivity contribution in [3.05, 3.63) is 33.3 Å². The zero-order valence-corrected chi connectivity index (χ0v) is 14.8. The molecule has 20 heavy (non-hydrogen) atoms. The lowest BCUT2D eigenvalue weighted by Crippen LogP contribution is -2.35. The zero-order valence-electron chi connectivity index (χ0n) is 12.5. The molecule has 0 heterocycles. The Bertz CT molecular complexity index is 427. The highest BCUT2D eigenvalue weighted by Gasteiger charge is 2.22. The summed E-state index contributed by atoms with van der Waals surface area (Å²) in [5.74, 6) is 0.963. The molecule has 0 saturated heterocycles. The van der Waals surface area contributed by atoms with E-state index in [1.807, 2.05) is 6.07 Å². The summed E-state index contributed by atoms with van der Waals surface area (Å²) in [6, 6.07) is 7.14. The molecule has 1 N–H and O–H groups in total. The lowest BCUT2D eigenvalue weighted by molar-refractivity contribution is 0.266. The predicted octanol–water partition coefficient (Wildman–Crippen LogP) is 6.11. The summed E-state index contributed by atoms with van der Waals surface area (Å²) in [4.78, 5) is 0. The van der Waals surface area contributed by atoms with Gasteiger partial charge in [0.15, 0.2) is 0 Å². The largest absolute Gasteiger partial charge is 0.307 e. The Hall–Kier alpha value is -0.0500. The van der Waals surface area contributed by atoms with Gasteiger partial charge in [0.1, 0.15) is 0 Å². The Morgan fingerprint density at radius 3 is 2.60 bits per heavy atom. The summed E-state index contributed by atoms with van der Waals surface area (Å²) in [5, 5.41) is 4.60. The van der Waals surface area contributed by atoms with Crippen molar-refractivity contribution < 1.29 is 0 Å². The van der Waals surface area contributed by atoms with Gasteiger partial charge < -0.3 is 5.32 Å². The molecule has 0 spiro atoms. The number of hydrogen-bond donors (Lipinski definition) is 1. The highest BCUT2D eigenvalue weighted by atomic mass is 79.9. The molecule has 0 aromatic heterocycles. The Morgan fingerprint density at radius 1 is 1.30 bits per heavy atom. The fourth-order valence-electron chi connectivity index (χ4n) is 3.32. The normalized spacial score (nSPS) is 24.6. The molecule has 0 amide bonds. The zero-order chi connectivity index (χ0) is 14.5. The minimum absolute atomic E-state index is 0.323. The molecule has 1 saturated carbocycles. The summed E-state index contributed by atoms with van der Waals surface area (Å²) < 4.78 is 1.04. The van der Waals surface area contributed by atoms with Crippen LogP contribution in [-0.4, -0.2) is 6.04 Å². The summed E-state index contributed by atoms with van der Waals surface area (Å²) in [5.41, 5.74) is 1.20. The van der Waals surface area contributed by atoms with Crippen molar-refractivity contribution in [2.75, 3.05) is 0 Å². The number of nitrogens with one attached hydrogen (secondary N) is 1. The van der Waals surface area contributed by atoms with Gasteiger partial charge in [0.2, 0.25) is 0 Å². The highest BCUT2D eigenvalue weighted by molar-refractivity contribution is 9.10. The smallest absolute Gasteiger partial charge is 0.0464 e. The molecule has 1 atom stereocenters. The van der Waals surface area contributed by atoms with Gasteiger partial charge in [0.25, 0.3) is 0 Å². The van der Waals surface area contributed by atoms with E-state index in [1.165, 1.54) is 44.1 Å². The van der Waals surface area contributed by atoms with E-state index in [1.54, 1.807) is 0 Å². The van der Waals surface area contributed by atoms with Crippen LogP contribution in [0.1, 0.15) is 64.0 Å². The van der Waals surface area contributed by atoms with E-state index in [-0.39, 0.29) is 0 Å². The Kier molecular flexibility index (Phi) is 6.38. The minimum Gasteiger partial charge on any atom is -0.307 e. The maximum atomic E-state index is 6.34. The molecule has 1 aromatic carbocycles. The van der Waals surface area contributed by atoms with E-state index in [9.17, 15) is 0 Å². The Morgan fingerprint density at radius 2 is 2.00 bits per heavy atom. The second kappa shape index (κ2) is 7.82. The summed E-state index contributed by atoms with van der Waals surface area (Å²) in [6.45, 7) is 4.51. The number of benzene rings is 1. The molecule has 0 bridgehead atoms. The van der Waals surface area contributed by atoms with E-state index >= 15 is 0 Å². The van der Waals surface area contributed by atoms with Gasteiger partial charge in [-0.15, -0.1) is 0 Å². The van der Waals surface area contributed by atoms with Gasteiger partial charge >= 0.3 is 0 Å². The molecule has 3 heteroatoms. The molecule has 112 valence electrons. The number of rotatable bonds is 5. The molecule has 0 aliphatic heterocycles. The number of halogens is 2. The van der Waals surface area contributed by atoms with E-state index in [4.69, 9.17) is 11.6 Å².